The van der Waals surface area contributed by atoms with Crippen LogP contribution in [0.2, 0.25) is 0 Å². The van der Waals surface area contributed by atoms with Gasteiger partial charge in [0.25, 0.3) is 0 Å². The quantitative estimate of drug-likeness (QED) is 0.170. The van der Waals surface area contributed by atoms with Crippen LogP contribution in [0.25, 0.3) is 0 Å². The van der Waals surface area contributed by atoms with Crippen LogP contribution in [0.3, 0.4) is 0 Å². The molecule has 1 nitrogen and oxygen atoms in total. The Morgan fingerprint density at radius 3 is 1.26 bits per heavy atom. The summed E-state index contributed by atoms with van der Waals surface area (Å²) in [5.74, 6) is 0. The summed E-state index contributed by atoms with van der Waals surface area (Å²) in [6.07, 6.45) is 30.3. The zero-order valence-electron chi connectivity index (χ0n) is 18.7. The van der Waals surface area contributed by atoms with Crippen LogP contribution in [0.5, 0.6) is 0 Å². The smallest absolute Gasteiger partial charge is 0.169 e. The highest BCUT2D eigenvalue weighted by Crippen LogP contribution is 2.14. The lowest BCUT2D eigenvalue weighted by molar-refractivity contribution is -0.693. The second-order valence-corrected chi connectivity index (χ2v) is 8.44. The maximum atomic E-state index is 2.30. The first-order chi connectivity index (χ1) is 13.4. The molecule has 0 unspecified atom stereocenters. The number of unbranched alkanes of at least 4 members (excludes halogenated alkanes) is 16. The lowest BCUT2D eigenvalue weighted by Gasteiger charge is -2.04. The minimum absolute atomic E-state index is 1.07. The highest BCUT2D eigenvalue weighted by atomic mass is 14.9. The van der Waals surface area contributed by atoms with Crippen molar-refractivity contribution in [3.8, 4) is 0 Å². The van der Waals surface area contributed by atoms with Crippen molar-refractivity contribution in [1.29, 1.82) is 0 Å². The summed E-state index contributed by atoms with van der Waals surface area (Å²) in [5.41, 5.74) is 1.50. The summed E-state index contributed by atoms with van der Waals surface area (Å²) in [4.78, 5) is 0. The zero-order chi connectivity index (χ0) is 19.4. The Labute approximate surface area is 171 Å². The number of aryl methyl sites for hydroxylation is 2. The van der Waals surface area contributed by atoms with E-state index in [1.54, 1.807) is 0 Å². The molecule has 0 N–H and O–H groups in total. The third kappa shape index (κ3) is 14.8. The van der Waals surface area contributed by atoms with E-state index in [0.29, 0.717) is 0 Å². The lowest BCUT2D eigenvalue weighted by Crippen LogP contribution is -2.30. The van der Waals surface area contributed by atoms with Gasteiger partial charge in [0.15, 0.2) is 12.4 Å². The highest BCUT2D eigenvalue weighted by Gasteiger charge is 1.99. The molecule has 0 atom stereocenters. The number of hydrogen-bond donors (Lipinski definition) is 0. The van der Waals surface area contributed by atoms with E-state index in [-0.39, 0.29) is 0 Å². The third-order valence-corrected chi connectivity index (χ3v) is 5.89. The van der Waals surface area contributed by atoms with Gasteiger partial charge >= 0.3 is 0 Å². The number of pyridine rings is 1. The molecule has 1 aromatic heterocycles. The molecule has 1 heterocycles. The normalized spacial score (nSPS) is 11.2. The second-order valence-electron chi connectivity index (χ2n) is 8.44. The molecule has 0 radical (unpaired) electrons. The Hall–Kier alpha value is -0.850. The van der Waals surface area contributed by atoms with Crippen molar-refractivity contribution in [2.24, 2.45) is 0 Å². The van der Waals surface area contributed by atoms with Crippen LogP contribution >= 0.6 is 0 Å². The van der Waals surface area contributed by atoms with E-state index in [0.717, 1.165) is 6.54 Å². The van der Waals surface area contributed by atoms with E-state index in [1.807, 2.05) is 0 Å². The van der Waals surface area contributed by atoms with E-state index >= 15 is 0 Å². The van der Waals surface area contributed by atoms with Crippen LogP contribution in [0.1, 0.15) is 129 Å². The van der Waals surface area contributed by atoms with Gasteiger partial charge in [-0.3, -0.25) is 0 Å². The topological polar surface area (TPSA) is 3.88 Å². The van der Waals surface area contributed by atoms with Crippen molar-refractivity contribution >= 4 is 0 Å². The third-order valence-electron chi connectivity index (χ3n) is 5.89. The van der Waals surface area contributed by atoms with E-state index in [2.05, 4.69) is 42.9 Å². The van der Waals surface area contributed by atoms with Gasteiger partial charge in [0.05, 0.1) is 0 Å². The fourth-order valence-corrected chi connectivity index (χ4v) is 3.92. The number of nitrogens with zero attached hydrogens (tertiary/aromatic N) is 1. The molecular weight excluding hydrogens is 326 g/mol. The first kappa shape index (κ1) is 24.2. The summed E-state index contributed by atoms with van der Waals surface area (Å²) >= 11 is 0. The van der Waals surface area contributed by atoms with E-state index in [4.69, 9.17) is 0 Å². The lowest BCUT2D eigenvalue weighted by atomic mass is 10.0. The summed E-state index contributed by atoms with van der Waals surface area (Å²) in [6.45, 7) is 5.56. The van der Waals surface area contributed by atoms with Gasteiger partial charge in [-0.1, -0.05) is 110 Å². The van der Waals surface area contributed by atoms with Gasteiger partial charge in [-0.2, -0.15) is 0 Å². The van der Waals surface area contributed by atoms with Gasteiger partial charge in [-0.25, -0.2) is 4.57 Å². The molecule has 0 aliphatic heterocycles. The maximum Gasteiger partial charge on any atom is 0.169 e. The Morgan fingerprint density at radius 2 is 0.889 bits per heavy atom. The average molecular weight is 375 g/mol. The SMILES string of the molecule is CCCCCCCCCCCCCCCCCCCc1cc[n+](CC)cc1. The molecule has 0 aliphatic carbocycles. The first-order valence-corrected chi connectivity index (χ1v) is 12.3. The van der Waals surface area contributed by atoms with Gasteiger partial charge in [0, 0.05) is 12.1 Å². The molecule has 0 saturated carbocycles. The number of rotatable bonds is 19. The molecule has 0 aromatic carbocycles. The molecule has 0 aliphatic rings. The van der Waals surface area contributed by atoms with Crippen LogP contribution in [0.4, 0.5) is 0 Å². The summed E-state index contributed by atoms with van der Waals surface area (Å²) in [7, 11) is 0. The van der Waals surface area contributed by atoms with E-state index in [1.165, 1.54) is 121 Å². The minimum atomic E-state index is 1.07. The molecular formula is C26H48N+. The van der Waals surface area contributed by atoms with Crippen LogP contribution in [0, 0.1) is 0 Å². The number of aromatic nitrogens is 1. The van der Waals surface area contributed by atoms with Crippen molar-refractivity contribution in [1.82, 2.24) is 0 Å². The molecule has 1 heteroatoms. The van der Waals surface area contributed by atoms with Crippen molar-refractivity contribution in [2.75, 3.05) is 0 Å². The van der Waals surface area contributed by atoms with E-state index in [9.17, 15) is 0 Å². The van der Waals surface area contributed by atoms with Crippen molar-refractivity contribution in [3.63, 3.8) is 0 Å². The summed E-state index contributed by atoms with van der Waals surface area (Å²) < 4.78 is 2.23. The fraction of sp³-hybridized carbons (Fsp3) is 0.808. The molecule has 1 aromatic rings. The predicted octanol–water partition coefficient (Wildman–Crippen LogP) is 8.19. The van der Waals surface area contributed by atoms with Crippen molar-refractivity contribution in [3.05, 3.63) is 30.1 Å². The summed E-state index contributed by atoms with van der Waals surface area (Å²) in [5, 5.41) is 0. The standard InChI is InChI=1S/C26H48N/c1-3-5-6-7-8-9-10-11-12-13-14-15-16-17-18-19-20-21-26-22-24-27(4-2)25-23-26/h22-25H,3-21H2,1-2H3/q+1. The van der Waals surface area contributed by atoms with Crippen molar-refractivity contribution in [2.45, 2.75) is 136 Å². The average Bonchev–Trinajstić information content (AvgIpc) is 2.70. The van der Waals surface area contributed by atoms with Gasteiger partial charge in [0.1, 0.15) is 6.54 Å². The molecule has 0 spiro atoms. The molecule has 0 fully saturated rings. The second kappa shape index (κ2) is 18.5. The Bertz CT molecular complexity index is 409. The van der Waals surface area contributed by atoms with Crippen LogP contribution in [-0.2, 0) is 13.0 Å². The molecule has 0 saturated heterocycles. The van der Waals surface area contributed by atoms with Crippen molar-refractivity contribution < 1.29 is 4.57 Å². The van der Waals surface area contributed by atoms with Crippen LogP contribution in [0.15, 0.2) is 24.5 Å². The van der Waals surface area contributed by atoms with Crippen LogP contribution < -0.4 is 4.57 Å². The molecule has 27 heavy (non-hydrogen) atoms. The molecule has 1 rings (SSSR count). The van der Waals surface area contributed by atoms with Gasteiger partial charge < -0.3 is 0 Å². The summed E-state index contributed by atoms with van der Waals surface area (Å²) in [6, 6.07) is 4.58. The van der Waals surface area contributed by atoms with E-state index < -0.39 is 0 Å². The van der Waals surface area contributed by atoms with Crippen LogP contribution in [-0.4, -0.2) is 0 Å². The predicted molar refractivity (Wildman–Crippen MR) is 120 cm³/mol. The zero-order valence-corrected chi connectivity index (χ0v) is 18.7. The minimum Gasteiger partial charge on any atom is -0.205 e. The van der Waals surface area contributed by atoms with Gasteiger partial charge in [-0.15, -0.1) is 0 Å². The first-order valence-electron chi connectivity index (χ1n) is 12.3. The Kier molecular flexibility index (Phi) is 16.6. The molecule has 0 amide bonds. The largest absolute Gasteiger partial charge is 0.205 e. The van der Waals surface area contributed by atoms with Gasteiger partial charge in [0.2, 0.25) is 0 Å². The highest BCUT2D eigenvalue weighted by molar-refractivity contribution is 5.07. The molecule has 0 bridgehead atoms. The maximum absolute atomic E-state index is 2.30. The Morgan fingerprint density at radius 1 is 0.519 bits per heavy atom. The fourth-order valence-electron chi connectivity index (χ4n) is 3.92. The molecule has 156 valence electrons. The van der Waals surface area contributed by atoms with Gasteiger partial charge in [-0.05, 0) is 25.3 Å². The monoisotopic (exact) mass is 374 g/mol. The Balaban J connectivity index is 1.75. The number of hydrogen-bond acceptors (Lipinski definition) is 0.